The first-order chi connectivity index (χ1) is 51.6. The Morgan fingerprint density at radius 1 is 0.298 bits per heavy atom. The average molecular weight is 1360 g/mol. The van der Waals surface area contributed by atoms with E-state index in [9.17, 15) is 0 Å². The van der Waals surface area contributed by atoms with Crippen molar-refractivity contribution in [1.82, 2.24) is 4.98 Å². The topological polar surface area (TPSA) is 41.7 Å². The molecule has 0 atom stereocenters. The van der Waals surface area contributed by atoms with Gasteiger partial charge in [-0.3, -0.25) is 4.98 Å². The average Bonchev–Trinajstić information content (AvgIpc) is 1.47. The van der Waals surface area contributed by atoms with E-state index in [1.807, 2.05) is 41.4 Å². The van der Waals surface area contributed by atoms with Crippen molar-refractivity contribution in [3.8, 4) is 56.1 Å². The van der Waals surface area contributed by atoms with Crippen molar-refractivity contribution < 1.29 is 9.15 Å². The highest BCUT2D eigenvalue weighted by Gasteiger charge is 2.54. The minimum atomic E-state index is -0.634. The number of anilines is 6. The summed E-state index contributed by atoms with van der Waals surface area (Å²) >= 11 is 3.71. The summed E-state index contributed by atoms with van der Waals surface area (Å²) in [5.41, 5.74) is 26.7. The van der Waals surface area contributed by atoms with Crippen LogP contribution in [0.1, 0.15) is 44.5 Å². The van der Waals surface area contributed by atoms with Crippen molar-refractivity contribution in [2.24, 2.45) is 0 Å². The molecule has 0 bridgehead atoms. The van der Waals surface area contributed by atoms with Crippen LogP contribution in [0.3, 0.4) is 0 Å². The smallest absolute Gasteiger partial charge is 0.143 e. The first-order valence-electron chi connectivity index (χ1n) is 35.4. The van der Waals surface area contributed by atoms with Gasteiger partial charge < -0.3 is 19.0 Å². The van der Waals surface area contributed by atoms with E-state index in [0.717, 1.165) is 101 Å². The van der Waals surface area contributed by atoms with Gasteiger partial charge >= 0.3 is 0 Å². The molecule has 5 heterocycles. The summed E-state index contributed by atoms with van der Waals surface area (Å²) in [7, 11) is 0. The van der Waals surface area contributed by atoms with Gasteiger partial charge in [0, 0.05) is 91.9 Å². The second-order valence-electron chi connectivity index (χ2n) is 27.1. The monoisotopic (exact) mass is 1360 g/mol. The Morgan fingerprint density at radius 3 is 1.55 bits per heavy atom. The van der Waals surface area contributed by atoms with Crippen LogP contribution in [0.5, 0.6) is 11.5 Å². The Kier molecular flexibility index (Phi) is 13.8. The highest BCUT2D eigenvalue weighted by Crippen LogP contribution is 2.66. The van der Waals surface area contributed by atoms with Crippen LogP contribution in [0.2, 0.25) is 0 Å². The summed E-state index contributed by atoms with van der Waals surface area (Å²) in [6, 6.07) is 132. The maximum atomic E-state index is 6.95. The molecule has 0 N–H and O–H groups in total. The largest absolute Gasteiger partial charge is 0.457 e. The third-order valence-corrected chi connectivity index (χ3v) is 24.0. The van der Waals surface area contributed by atoms with E-state index in [1.165, 1.54) is 85.6 Å². The van der Waals surface area contributed by atoms with Crippen LogP contribution >= 0.6 is 23.1 Å². The van der Waals surface area contributed by atoms with E-state index in [-0.39, 0.29) is 0 Å². The van der Waals surface area contributed by atoms with Gasteiger partial charge in [-0.15, -0.1) is 11.3 Å². The number of benzene rings is 15. The third kappa shape index (κ3) is 8.97. The van der Waals surface area contributed by atoms with E-state index < -0.39 is 10.8 Å². The molecular formula is C97H61N3O2S2. The summed E-state index contributed by atoms with van der Waals surface area (Å²) < 4.78 is 16.0. The molecule has 5 nitrogen and oxygen atoms in total. The zero-order chi connectivity index (χ0) is 68.5. The van der Waals surface area contributed by atoms with Crippen LogP contribution in [-0.2, 0) is 10.8 Å². The lowest BCUT2D eigenvalue weighted by molar-refractivity contribution is 0.437. The van der Waals surface area contributed by atoms with Crippen LogP contribution in [0, 0.1) is 0 Å². The van der Waals surface area contributed by atoms with E-state index in [0.29, 0.717) is 0 Å². The molecule has 22 rings (SSSR count). The maximum absolute atomic E-state index is 6.95. The Morgan fingerprint density at radius 2 is 0.856 bits per heavy atom. The normalized spacial score (nSPS) is 13.4. The molecule has 0 saturated heterocycles. The van der Waals surface area contributed by atoms with E-state index in [1.54, 1.807) is 0 Å². The second kappa shape index (κ2) is 23.9. The zero-order valence-corrected chi connectivity index (χ0v) is 57.8. The Bertz CT molecular complexity index is 6370. The molecule has 4 aliphatic rings. The second-order valence-corrected chi connectivity index (χ2v) is 29.2. The van der Waals surface area contributed by atoms with Crippen molar-refractivity contribution in [2.75, 3.05) is 9.80 Å². The number of ether oxygens (including phenoxy) is 1. The molecule has 2 aliphatic heterocycles. The van der Waals surface area contributed by atoms with Crippen molar-refractivity contribution >= 4 is 99.3 Å². The van der Waals surface area contributed by atoms with Gasteiger partial charge in [0.1, 0.15) is 22.7 Å². The van der Waals surface area contributed by atoms with Gasteiger partial charge in [0.05, 0.1) is 27.9 Å². The molecule has 0 unspecified atom stereocenters. The molecular weight excluding hydrogens is 1300 g/mol. The minimum absolute atomic E-state index is 0.407. The number of furan rings is 1. The fourth-order valence-electron chi connectivity index (χ4n) is 17.5. The Labute approximate surface area is 610 Å². The van der Waals surface area contributed by atoms with Gasteiger partial charge in [-0.1, -0.05) is 267 Å². The fraction of sp³-hybridized carbons (Fsp3) is 0.0206. The molecule has 7 heteroatoms. The highest BCUT2D eigenvalue weighted by molar-refractivity contribution is 7.99. The van der Waals surface area contributed by atoms with Crippen LogP contribution in [0.15, 0.2) is 384 Å². The lowest BCUT2D eigenvalue weighted by Crippen LogP contribution is -2.34. The standard InChI is InChI=1S/C49H31NOS.C48H30N2OS/c1-3-15-32(16-4-1)39-29-35(30-40-38-21-9-13-25-45(38)51-48(39)40)50(33-17-5-2-6-18-33)34-27-28-44-47(31-34)52-46-26-14-12-24-43(46)49(44)41-22-10-7-19-36(41)37-20-8-11-23-42(37)49;1-2-15-31(16-3-1)50(42-29-35-34-19-6-11-27-45(34)52-46(35)30-36(42)40-23-12-13-28-49-40)41-24-14-26-44-47(41)48(39-22-9-10-25-43(39)51-44)37-20-7-4-17-32(37)33-18-5-8-21-38(33)48/h1-31H;1-30H. The summed E-state index contributed by atoms with van der Waals surface area (Å²) in [5.74, 6) is 1.73. The van der Waals surface area contributed by atoms with Crippen LogP contribution in [-0.4, -0.2) is 4.98 Å². The molecule has 2 spiro atoms. The zero-order valence-electron chi connectivity index (χ0n) is 56.2. The number of pyridine rings is 1. The molecule has 104 heavy (non-hydrogen) atoms. The van der Waals surface area contributed by atoms with E-state index in [4.69, 9.17) is 14.1 Å². The minimum Gasteiger partial charge on any atom is -0.457 e. The molecule has 0 fully saturated rings. The predicted molar refractivity (Wildman–Crippen MR) is 430 cm³/mol. The predicted octanol–water partition coefficient (Wildman–Crippen LogP) is 26.6. The van der Waals surface area contributed by atoms with Gasteiger partial charge in [0.15, 0.2) is 0 Å². The number of hydrogen-bond donors (Lipinski definition) is 0. The molecule has 15 aromatic carbocycles. The van der Waals surface area contributed by atoms with Gasteiger partial charge in [0.25, 0.3) is 0 Å². The van der Waals surface area contributed by atoms with Crippen molar-refractivity contribution in [3.63, 3.8) is 0 Å². The van der Waals surface area contributed by atoms with Crippen LogP contribution in [0.4, 0.5) is 34.1 Å². The number of fused-ring (bicyclic) bond motifs is 24. The quantitative estimate of drug-likeness (QED) is 0.151. The summed E-state index contributed by atoms with van der Waals surface area (Å²) in [6.07, 6.45) is 1.89. The summed E-state index contributed by atoms with van der Waals surface area (Å²) in [6.45, 7) is 0. The summed E-state index contributed by atoms with van der Waals surface area (Å²) in [4.78, 5) is 12.3. The molecule has 18 aromatic rings. The first kappa shape index (κ1) is 60.0. The first-order valence-corrected chi connectivity index (χ1v) is 37.0. The maximum Gasteiger partial charge on any atom is 0.143 e. The number of para-hydroxylation sites is 4. The lowest BCUT2D eigenvalue weighted by Gasteiger charge is -2.42. The van der Waals surface area contributed by atoms with Crippen molar-refractivity contribution in [3.05, 3.63) is 415 Å². The number of rotatable bonds is 8. The fourth-order valence-corrected chi connectivity index (χ4v) is 19.9. The molecule has 0 radical (unpaired) electrons. The number of aromatic nitrogens is 1. The van der Waals surface area contributed by atoms with Gasteiger partial charge in [0.2, 0.25) is 0 Å². The molecule has 0 amide bonds. The Hall–Kier alpha value is -12.8. The number of nitrogens with zero attached hydrogens (tertiary/aromatic N) is 3. The van der Waals surface area contributed by atoms with Crippen molar-refractivity contribution in [2.45, 2.75) is 20.6 Å². The SMILES string of the molecule is c1ccc(-c2cc(N(c3ccccc3)c3ccc4c(c3)Sc3ccccc3C43c4ccccc4-c4ccccc43)cc3c2oc2ccccc23)cc1.c1ccc(N(c2cc3c(cc2-c2ccccn2)sc2ccccc23)c2cccc3c2C2(c4ccccc4O3)c3ccccc3-c3ccccc32)cc1. The number of hydrogen-bond acceptors (Lipinski definition) is 7. The van der Waals surface area contributed by atoms with Crippen LogP contribution in [0.25, 0.3) is 86.7 Å². The molecule has 488 valence electrons. The number of thiophene rings is 1. The van der Waals surface area contributed by atoms with Gasteiger partial charge in [-0.25, -0.2) is 0 Å². The lowest BCUT2D eigenvalue weighted by atomic mass is 9.65. The molecule has 0 saturated carbocycles. The van der Waals surface area contributed by atoms with Gasteiger partial charge in [-0.05, 0) is 170 Å². The summed E-state index contributed by atoms with van der Waals surface area (Å²) in [5, 5.41) is 4.70. The van der Waals surface area contributed by atoms with E-state index >= 15 is 0 Å². The van der Waals surface area contributed by atoms with Gasteiger partial charge in [-0.2, -0.15) is 0 Å². The van der Waals surface area contributed by atoms with Crippen LogP contribution < -0.4 is 14.5 Å². The molecule has 3 aromatic heterocycles. The van der Waals surface area contributed by atoms with Crippen molar-refractivity contribution in [1.29, 1.82) is 0 Å². The molecule has 2 aliphatic carbocycles. The third-order valence-electron chi connectivity index (χ3n) is 21.7. The van der Waals surface area contributed by atoms with E-state index in [2.05, 4.69) is 362 Å². The highest BCUT2D eigenvalue weighted by atomic mass is 32.2. The Balaban J connectivity index is 0.000000134.